The molecule has 150 valence electrons. The molecule has 0 unspecified atom stereocenters. The van der Waals surface area contributed by atoms with E-state index in [0.29, 0.717) is 6.54 Å². The van der Waals surface area contributed by atoms with Crippen molar-refractivity contribution in [1.82, 2.24) is 4.90 Å². The van der Waals surface area contributed by atoms with E-state index in [0.717, 1.165) is 11.6 Å². The molecule has 2 aromatic carbocycles. The molecular formula is C20H21F3N2O3. The number of nitrogens with one attached hydrogen (secondary N) is 1. The molecule has 5 nitrogen and oxygen atoms in total. The zero-order valence-electron chi connectivity index (χ0n) is 15.5. The minimum absolute atomic E-state index is 0.0530. The minimum Gasteiger partial charge on any atom is -0.478 e. The van der Waals surface area contributed by atoms with E-state index in [-0.39, 0.29) is 23.8 Å². The van der Waals surface area contributed by atoms with Crippen LogP contribution in [0.3, 0.4) is 0 Å². The Bertz CT molecular complexity index is 833. The summed E-state index contributed by atoms with van der Waals surface area (Å²) >= 11 is 0. The van der Waals surface area contributed by atoms with Crippen molar-refractivity contribution in [3.05, 3.63) is 65.2 Å². The van der Waals surface area contributed by atoms with Crippen molar-refractivity contribution in [2.24, 2.45) is 0 Å². The van der Waals surface area contributed by atoms with Gasteiger partial charge in [-0.05, 0) is 43.7 Å². The van der Waals surface area contributed by atoms with Gasteiger partial charge >= 0.3 is 12.1 Å². The monoisotopic (exact) mass is 394 g/mol. The molecule has 28 heavy (non-hydrogen) atoms. The first kappa shape index (κ1) is 21.4. The van der Waals surface area contributed by atoms with E-state index in [9.17, 15) is 22.8 Å². The summed E-state index contributed by atoms with van der Waals surface area (Å²) in [5.74, 6) is -1.59. The van der Waals surface area contributed by atoms with E-state index in [1.54, 1.807) is 17.0 Å². The van der Waals surface area contributed by atoms with Crippen LogP contribution in [0, 0.1) is 0 Å². The number of hydrogen-bond donors (Lipinski definition) is 2. The number of anilines is 1. The number of hydrogen-bond acceptors (Lipinski definition) is 3. The fourth-order valence-electron chi connectivity index (χ4n) is 2.62. The normalized spacial score (nSPS) is 11.7. The Hall–Kier alpha value is -2.87. The van der Waals surface area contributed by atoms with E-state index in [4.69, 9.17) is 5.11 Å². The standard InChI is InChI=1S/C20H21F3N2O3/c1-13(2)25(11-14-7-9-15(10-8-14)19(27)28)12-18(26)24-17-6-4-3-5-16(17)20(21,22)23/h3-10,13H,11-12H2,1-2H3,(H,24,26)(H,27,28). The Balaban J connectivity index is 2.08. The fourth-order valence-corrected chi connectivity index (χ4v) is 2.62. The van der Waals surface area contributed by atoms with Crippen LogP contribution in [0.5, 0.6) is 0 Å². The third-order valence-electron chi connectivity index (χ3n) is 4.17. The van der Waals surface area contributed by atoms with Crippen molar-refractivity contribution in [3.63, 3.8) is 0 Å². The van der Waals surface area contributed by atoms with Gasteiger partial charge < -0.3 is 10.4 Å². The molecule has 0 aliphatic rings. The molecule has 0 fully saturated rings. The van der Waals surface area contributed by atoms with E-state index in [2.05, 4.69) is 5.32 Å². The number of carbonyl (C=O) groups is 2. The van der Waals surface area contributed by atoms with Gasteiger partial charge in [0.05, 0.1) is 23.4 Å². The van der Waals surface area contributed by atoms with Crippen LogP contribution in [0.1, 0.15) is 35.3 Å². The zero-order valence-corrected chi connectivity index (χ0v) is 15.5. The molecule has 0 spiro atoms. The van der Waals surface area contributed by atoms with Gasteiger partial charge in [-0.3, -0.25) is 9.69 Å². The van der Waals surface area contributed by atoms with Crippen molar-refractivity contribution in [2.45, 2.75) is 32.6 Å². The van der Waals surface area contributed by atoms with Gasteiger partial charge in [-0.2, -0.15) is 13.2 Å². The molecule has 0 saturated carbocycles. The van der Waals surface area contributed by atoms with Crippen LogP contribution in [0.4, 0.5) is 18.9 Å². The maximum Gasteiger partial charge on any atom is 0.418 e. The summed E-state index contributed by atoms with van der Waals surface area (Å²) in [5, 5.41) is 11.3. The Morgan fingerprint density at radius 1 is 1.07 bits per heavy atom. The predicted octanol–water partition coefficient (Wildman–Crippen LogP) is 4.25. The lowest BCUT2D eigenvalue weighted by Gasteiger charge is -2.26. The van der Waals surface area contributed by atoms with Crippen molar-refractivity contribution in [3.8, 4) is 0 Å². The molecular weight excluding hydrogens is 373 g/mol. The third-order valence-corrected chi connectivity index (χ3v) is 4.17. The van der Waals surface area contributed by atoms with Gasteiger partial charge in [-0.25, -0.2) is 4.79 Å². The van der Waals surface area contributed by atoms with E-state index < -0.39 is 23.6 Å². The molecule has 2 N–H and O–H groups in total. The van der Waals surface area contributed by atoms with Crippen molar-refractivity contribution >= 4 is 17.6 Å². The number of halogens is 3. The number of benzene rings is 2. The largest absolute Gasteiger partial charge is 0.478 e. The van der Waals surface area contributed by atoms with Crippen LogP contribution < -0.4 is 5.32 Å². The second kappa shape index (κ2) is 8.88. The van der Waals surface area contributed by atoms with Gasteiger partial charge in [0.15, 0.2) is 0 Å². The molecule has 0 heterocycles. The molecule has 1 amide bonds. The smallest absolute Gasteiger partial charge is 0.418 e. The van der Waals surface area contributed by atoms with Crippen molar-refractivity contribution in [1.29, 1.82) is 0 Å². The first-order valence-corrected chi connectivity index (χ1v) is 8.60. The molecule has 0 radical (unpaired) electrons. The van der Waals surface area contributed by atoms with Crippen LogP contribution >= 0.6 is 0 Å². The molecule has 0 saturated heterocycles. The SMILES string of the molecule is CC(C)N(CC(=O)Nc1ccccc1C(F)(F)F)Cc1ccc(C(=O)O)cc1. The number of amides is 1. The maximum absolute atomic E-state index is 13.1. The molecule has 0 aliphatic heterocycles. The van der Waals surface area contributed by atoms with Crippen molar-refractivity contribution < 1.29 is 27.9 Å². The third kappa shape index (κ3) is 5.82. The van der Waals surface area contributed by atoms with Gasteiger partial charge in [-0.15, -0.1) is 0 Å². The van der Waals surface area contributed by atoms with Gasteiger partial charge in [0.1, 0.15) is 0 Å². The number of carbonyl (C=O) groups excluding carboxylic acids is 1. The van der Waals surface area contributed by atoms with Crippen LogP contribution in [0.25, 0.3) is 0 Å². The first-order valence-electron chi connectivity index (χ1n) is 8.60. The van der Waals surface area contributed by atoms with Crippen LogP contribution in [-0.4, -0.2) is 34.5 Å². The van der Waals surface area contributed by atoms with Crippen LogP contribution in [0.2, 0.25) is 0 Å². The number of rotatable bonds is 7. The number of para-hydroxylation sites is 1. The highest BCUT2D eigenvalue weighted by Gasteiger charge is 2.33. The van der Waals surface area contributed by atoms with E-state index in [1.807, 2.05) is 13.8 Å². The number of aromatic carboxylic acids is 1. The lowest BCUT2D eigenvalue weighted by Crippen LogP contribution is -2.37. The lowest BCUT2D eigenvalue weighted by molar-refractivity contribution is -0.137. The van der Waals surface area contributed by atoms with Gasteiger partial charge in [0, 0.05) is 12.6 Å². The summed E-state index contributed by atoms with van der Waals surface area (Å²) in [6.45, 7) is 3.97. The second-order valence-corrected chi connectivity index (χ2v) is 6.59. The Morgan fingerprint density at radius 3 is 2.21 bits per heavy atom. The number of carboxylic acids is 1. The number of nitrogens with zero attached hydrogens (tertiary/aromatic N) is 1. The summed E-state index contributed by atoms with van der Waals surface area (Å²) < 4.78 is 39.2. The summed E-state index contributed by atoms with van der Waals surface area (Å²) in [5.41, 5.74) is -0.234. The van der Waals surface area contributed by atoms with Gasteiger partial charge in [-0.1, -0.05) is 24.3 Å². The summed E-state index contributed by atoms with van der Waals surface area (Å²) in [6.07, 6.45) is -4.56. The molecule has 0 aliphatic carbocycles. The molecule has 0 bridgehead atoms. The molecule has 2 rings (SSSR count). The summed E-state index contributed by atoms with van der Waals surface area (Å²) in [6, 6.07) is 11.0. The molecule has 8 heteroatoms. The highest BCUT2D eigenvalue weighted by Crippen LogP contribution is 2.34. The highest BCUT2D eigenvalue weighted by molar-refractivity contribution is 5.93. The van der Waals surface area contributed by atoms with Gasteiger partial charge in [0.2, 0.25) is 5.91 Å². The molecule has 0 aromatic heterocycles. The van der Waals surface area contributed by atoms with Crippen molar-refractivity contribution in [2.75, 3.05) is 11.9 Å². The topological polar surface area (TPSA) is 69.6 Å². The average molecular weight is 394 g/mol. The second-order valence-electron chi connectivity index (χ2n) is 6.59. The van der Waals surface area contributed by atoms with E-state index in [1.165, 1.54) is 30.3 Å². The van der Waals surface area contributed by atoms with Crippen LogP contribution in [0.15, 0.2) is 48.5 Å². The predicted molar refractivity (Wildman–Crippen MR) is 99.0 cm³/mol. The quantitative estimate of drug-likeness (QED) is 0.737. The summed E-state index contributed by atoms with van der Waals surface area (Å²) in [7, 11) is 0. The lowest BCUT2D eigenvalue weighted by atomic mass is 10.1. The maximum atomic E-state index is 13.1. The van der Waals surface area contributed by atoms with Crippen LogP contribution in [-0.2, 0) is 17.5 Å². The highest BCUT2D eigenvalue weighted by atomic mass is 19.4. The zero-order chi connectivity index (χ0) is 20.9. The first-order chi connectivity index (χ1) is 13.1. The Morgan fingerprint density at radius 2 is 1.68 bits per heavy atom. The molecule has 2 aromatic rings. The minimum atomic E-state index is -4.56. The molecule has 0 atom stereocenters. The Labute approximate surface area is 160 Å². The fraction of sp³-hybridized carbons (Fsp3) is 0.300. The van der Waals surface area contributed by atoms with Gasteiger partial charge in [0.25, 0.3) is 0 Å². The number of alkyl halides is 3. The number of carboxylic acid groups (broad SMARTS) is 1. The average Bonchev–Trinajstić information content (AvgIpc) is 2.61. The summed E-state index contributed by atoms with van der Waals surface area (Å²) in [4.78, 5) is 25.0. The Kier molecular flexibility index (Phi) is 6.80. The van der Waals surface area contributed by atoms with E-state index >= 15 is 0 Å².